The molecule has 1 aromatic rings. The summed E-state index contributed by atoms with van der Waals surface area (Å²) in [4.78, 5) is 10.6. The zero-order valence-corrected chi connectivity index (χ0v) is 9.10. The summed E-state index contributed by atoms with van der Waals surface area (Å²) in [5.74, 6) is 0. The van der Waals surface area contributed by atoms with Crippen LogP contribution in [0.1, 0.15) is 11.1 Å². The molecule has 1 aromatic carbocycles. The van der Waals surface area contributed by atoms with Gasteiger partial charge in [-0.3, -0.25) is 0 Å². The van der Waals surface area contributed by atoms with Crippen molar-refractivity contribution in [2.45, 2.75) is 13.8 Å². The van der Waals surface area contributed by atoms with E-state index in [2.05, 4.69) is 21.2 Å². The quantitative estimate of drug-likeness (QED) is 0.782. The van der Waals surface area contributed by atoms with Gasteiger partial charge in [-0.25, -0.2) is 4.79 Å². The van der Waals surface area contributed by atoms with Crippen molar-refractivity contribution in [3.8, 4) is 0 Å². The van der Waals surface area contributed by atoms with Crippen LogP contribution in [0, 0.1) is 13.8 Å². The van der Waals surface area contributed by atoms with Crippen LogP contribution in [0.3, 0.4) is 0 Å². The number of nitrogens with one attached hydrogen (secondary N) is 1. The van der Waals surface area contributed by atoms with Gasteiger partial charge in [0.15, 0.2) is 0 Å². The molecule has 0 unspecified atom stereocenters. The number of benzene rings is 1. The van der Waals surface area contributed by atoms with E-state index < -0.39 is 6.03 Å². The molecule has 0 aliphatic rings. The Morgan fingerprint density at radius 2 is 2.08 bits per heavy atom. The van der Waals surface area contributed by atoms with Crippen LogP contribution in [-0.4, -0.2) is 6.03 Å². The molecular weight excluding hydrogens is 232 g/mol. The van der Waals surface area contributed by atoms with Gasteiger partial charge in [0.1, 0.15) is 0 Å². The summed E-state index contributed by atoms with van der Waals surface area (Å²) in [6.07, 6.45) is 0. The smallest absolute Gasteiger partial charge is 0.316 e. The van der Waals surface area contributed by atoms with Crippen molar-refractivity contribution in [1.82, 2.24) is 0 Å². The van der Waals surface area contributed by atoms with Gasteiger partial charge >= 0.3 is 6.03 Å². The first-order valence-electron chi connectivity index (χ1n) is 3.84. The standard InChI is InChI=1S/C9H11BrN2O/c1-5-3-6(2)8(7(10)4-5)12-9(11)13/h3-4H,1-2H3,(H3,11,12,13). The molecule has 0 saturated heterocycles. The largest absolute Gasteiger partial charge is 0.351 e. The molecule has 0 aliphatic heterocycles. The third-order valence-corrected chi connectivity index (χ3v) is 2.31. The minimum Gasteiger partial charge on any atom is -0.351 e. The number of carbonyl (C=O) groups is 1. The van der Waals surface area contributed by atoms with Gasteiger partial charge in [-0.1, -0.05) is 6.07 Å². The fourth-order valence-electron chi connectivity index (χ4n) is 1.20. The molecule has 2 amide bonds. The summed E-state index contributed by atoms with van der Waals surface area (Å²) in [7, 11) is 0. The molecule has 0 saturated carbocycles. The second kappa shape index (κ2) is 3.79. The summed E-state index contributed by atoms with van der Waals surface area (Å²) < 4.78 is 0.851. The number of urea groups is 1. The van der Waals surface area contributed by atoms with E-state index in [1.165, 1.54) is 0 Å². The second-order valence-electron chi connectivity index (χ2n) is 2.93. The van der Waals surface area contributed by atoms with E-state index in [-0.39, 0.29) is 0 Å². The maximum absolute atomic E-state index is 10.6. The number of halogens is 1. The number of nitrogens with two attached hydrogens (primary N) is 1. The van der Waals surface area contributed by atoms with Crippen LogP contribution in [-0.2, 0) is 0 Å². The molecule has 70 valence electrons. The van der Waals surface area contributed by atoms with Gasteiger partial charge in [0.05, 0.1) is 5.69 Å². The summed E-state index contributed by atoms with van der Waals surface area (Å²) >= 11 is 3.36. The Bertz CT molecular complexity index is 326. The van der Waals surface area contributed by atoms with E-state index in [1.807, 2.05) is 26.0 Å². The normalized spacial score (nSPS) is 9.77. The van der Waals surface area contributed by atoms with E-state index in [1.54, 1.807) is 0 Å². The van der Waals surface area contributed by atoms with Crippen LogP contribution in [0.15, 0.2) is 16.6 Å². The number of hydrogen-bond acceptors (Lipinski definition) is 1. The van der Waals surface area contributed by atoms with Crippen molar-refractivity contribution in [1.29, 1.82) is 0 Å². The SMILES string of the molecule is Cc1cc(C)c(NC(N)=O)c(Br)c1. The van der Waals surface area contributed by atoms with Gasteiger partial charge in [-0.15, -0.1) is 0 Å². The van der Waals surface area contributed by atoms with Crippen LogP contribution in [0.5, 0.6) is 0 Å². The predicted octanol–water partition coefficient (Wildman–Crippen LogP) is 2.56. The Hall–Kier alpha value is -1.03. The Morgan fingerprint density at radius 1 is 1.46 bits per heavy atom. The number of aryl methyl sites for hydroxylation is 2. The van der Waals surface area contributed by atoms with E-state index in [0.717, 1.165) is 21.3 Å². The minimum absolute atomic E-state index is 0.548. The molecule has 0 bridgehead atoms. The summed E-state index contributed by atoms with van der Waals surface area (Å²) in [6, 6.07) is 3.36. The second-order valence-corrected chi connectivity index (χ2v) is 3.78. The van der Waals surface area contributed by atoms with Gasteiger partial charge < -0.3 is 11.1 Å². The van der Waals surface area contributed by atoms with Crippen molar-refractivity contribution in [3.63, 3.8) is 0 Å². The molecular formula is C9H11BrN2O. The average molecular weight is 243 g/mol. The highest BCUT2D eigenvalue weighted by atomic mass is 79.9. The molecule has 1 rings (SSSR count). The van der Waals surface area contributed by atoms with Crippen LogP contribution < -0.4 is 11.1 Å². The molecule has 3 nitrogen and oxygen atoms in total. The number of amides is 2. The minimum atomic E-state index is -0.548. The third kappa shape index (κ3) is 2.45. The molecule has 0 aliphatic carbocycles. The first-order chi connectivity index (χ1) is 6.00. The van der Waals surface area contributed by atoms with Crippen molar-refractivity contribution < 1.29 is 4.79 Å². The monoisotopic (exact) mass is 242 g/mol. The first kappa shape index (κ1) is 10.1. The number of hydrogen-bond donors (Lipinski definition) is 2. The van der Waals surface area contributed by atoms with E-state index in [4.69, 9.17) is 5.73 Å². The number of carbonyl (C=O) groups excluding carboxylic acids is 1. The highest BCUT2D eigenvalue weighted by molar-refractivity contribution is 9.10. The molecule has 0 spiro atoms. The van der Waals surface area contributed by atoms with Gasteiger partial charge in [0.2, 0.25) is 0 Å². The molecule has 0 radical (unpaired) electrons. The number of anilines is 1. The summed E-state index contributed by atoms with van der Waals surface area (Å²) in [5, 5.41) is 2.56. The zero-order valence-electron chi connectivity index (χ0n) is 7.52. The van der Waals surface area contributed by atoms with Gasteiger partial charge in [-0.05, 0) is 47.0 Å². The maximum Gasteiger partial charge on any atom is 0.316 e. The highest BCUT2D eigenvalue weighted by Crippen LogP contribution is 2.27. The van der Waals surface area contributed by atoms with Crippen molar-refractivity contribution in [2.75, 3.05) is 5.32 Å². The third-order valence-electron chi connectivity index (χ3n) is 1.68. The lowest BCUT2D eigenvalue weighted by Gasteiger charge is -2.09. The van der Waals surface area contributed by atoms with Crippen LogP contribution in [0.25, 0.3) is 0 Å². The molecule has 0 fully saturated rings. The van der Waals surface area contributed by atoms with Gasteiger partial charge in [0, 0.05) is 4.47 Å². The Morgan fingerprint density at radius 3 is 2.54 bits per heavy atom. The molecule has 0 heterocycles. The fourth-order valence-corrected chi connectivity index (χ4v) is 1.97. The average Bonchev–Trinajstić information content (AvgIpc) is 1.96. The summed E-state index contributed by atoms with van der Waals surface area (Å²) in [5.41, 5.74) is 7.89. The van der Waals surface area contributed by atoms with Crippen molar-refractivity contribution in [3.05, 3.63) is 27.7 Å². The Balaban J connectivity index is 3.13. The van der Waals surface area contributed by atoms with Crippen LogP contribution >= 0.6 is 15.9 Å². The molecule has 4 heteroatoms. The lowest BCUT2D eigenvalue weighted by atomic mass is 10.1. The molecule has 0 atom stereocenters. The van der Waals surface area contributed by atoms with Crippen LogP contribution in [0.4, 0.5) is 10.5 Å². The molecule has 13 heavy (non-hydrogen) atoms. The number of primary amides is 1. The lowest BCUT2D eigenvalue weighted by Crippen LogP contribution is -2.20. The first-order valence-corrected chi connectivity index (χ1v) is 4.63. The van der Waals surface area contributed by atoms with E-state index >= 15 is 0 Å². The van der Waals surface area contributed by atoms with Gasteiger partial charge in [-0.2, -0.15) is 0 Å². The highest BCUT2D eigenvalue weighted by Gasteiger charge is 2.05. The van der Waals surface area contributed by atoms with E-state index in [0.29, 0.717) is 0 Å². The van der Waals surface area contributed by atoms with Crippen molar-refractivity contribution >= 4 is 27.6 Å². The topological polar surface area (TPSA) is 55.1 Å². The fraction of sp³-hybridized carbons (Fsp3) is 0.222. The van der Waals surface area contributed by atoms with Gasteiger partial charge in [0.25, 0.3) is 0 Å². The van der Waals surface area contributed by atoms with E-state index in [9.17, 15) is 4.79 Å². The Kier molecular flexibility index (Phi) is 2.93. The van der Waals surface area contributed by atoms with Crippen LogP contribution in [0.2, 0.25) is 0 Å². The summed E-state index contributed by atoms with van der Waals surface area (Å²) in [6.45, 7) is 3.91. The predicted molar refractivity (Wildman–Crippen MR) is 56.8 cm³/mol. The lowest BCUT2D eigenvalue weighted by molar-refractivity contribution is 0.259. The van der Waals surface area contributed by atoms with Crippen molar-refractivity contribution in [2.24, 2.45) is 5.73 Å². The number of rotatable bonds is 1. The molecule has 3 N–H and O–H groups in total. The maximum atomic E-state index is 10.6. The molecule has 0 aromatic heterocycles. The zero-order chi connectivity index (χ0) is 10.0. The Labute approximate surface area is 85.4 Å².